The van der Waals surface area contributed by atoms with Crippen LogP contribution in [-0.4, -0.2) is 23.1 Å². The number of anilines is 2. The Hall–Kier alpha value is -0.840. The molecule has 17 heavy (non-hydrogen) atoms. The Bertz CT molecular complexity index is 366. The van der Waals surface area contributed by atoms with Gasteiger partial charge in [-0.1, -0.05) is 13.3 Å². The lowest BCUT2D eigenvalue weighted by Crippen LogP contribution is -2.21. The third kappa shape index (κ3) is 3.56. The Morgan fingerprint density at radius 2 is 2.24 bits per heavy atom. The van der Waals surface area contributed by atoms with Gasteiger partial charge in [0, 0.05) is 19.3 Å². The van der Waals surface area contributed by atoms with E-state index in [1.165, 1.54) is 19.3 Å². The summed E-state index contributed by atoms with van der Waals surface area (Å²) in [6, 6.07) is 0. The molecular formula is C12H19BrN4. The van der Waals surface area contributed by atoms with Crippen LogP contribution in [0.5, 0.6) is 0 Å². The van der Waals surface area contributed by atoms with Crippen molar-refractivity contribution in [2.45, 2.75) is 32.6 Å². The van der Waals surface area contributed by atoms with Gasteiger partial charge in [0.05, 0.1) is 4.47 Å². The summed E-state index contributed by atoms with van der Waals surface area (Å²) in [5, 5.41) is 6.59. The van der Waals surface area contributed by atoms with Gasteiger partial charge < -0.3 is 10.6 Å². The Morgan fingerprint density at radius 3 is 2.88 bits per heavy atom. The minimum absolute atomic E-state index is 0.700. The van der Waals surface area contributed by atoms with E-state index in [2.05, 4.69) is 43.5 Å². The van der Waals surface area contributed by atoms with Gasteiger partial charge in [0.1, 0.15) is 5.82 Å². The van der Waals surface area contributed by atoms with Crippen LogP contribution in [0.25, 0.3) is 0 Å². The van der Waals surface area contributed by atoms with Crippen LogP contribution in [-0.2, 0) is 0 Å². The molecule has 0 spiro atoms. The van der Waals surface area contributed by atoms with E-state index in [0.717, 1.165) is 35.7 Å². The first-order chi connectivity index (χ1) is 8.29. The number of nitrogens with zero attached hydrogens (tertiary/aromatic N) is 2. The maximum absolute atomic E-state index is 4.46. The van der Waals surface area contributed by atoms with E-state index in [0.29, 0.717) is 5.95 Å². The van der Waals surface area contributed by atoms with Crippen LogP contribution in [0.15, 0.2) is 10.7 Å². The van der Waals surface area contributed by atoms with Crippen LogP contribution in [0, 0.1) is 5.92 Å². The van der Waals surface area contributed by atoms with Crippen molar-refractivity contribution < 1.29 is 0 Å². The van der Waals surface area contributed by atoms with Gasteiger partial charge in [0.2, 0.25) is 5.95 Å². The summed E-state index contributed by atoms with van der Waals surface area (Å²) < 4.78 is 0.930. The molecule has 0 aliphatic heterocycles. The largest absolute Gasteiger partial charge is 0.369 e. The predicted octanol–water partition coefficient (Wildman–Crippen LogP) is 3.27. The molecule has 0 unspecified atom stereocenters. The zero-order valence-electron chi connectivity index (χ0n) is 10.2. The number of hydrogen-bond donors (Lipinski definition) is 2. The van der Waals surface area contributed by atoms with Crippen LogP contribution in [0.4, 0.5) is 11.8 Å². The number of halogens is 1. The number of hydrogen-bond acceptors (Lipinski definition) is 4. The molecule has 1 aromatic rings. The standard InChI is InChI=1S/C12H19BrN4/c1-2-6-14-12-16-8-10(13)11(17-12)15-7-9-4-3-5-9/h8-9H,2-7H2,1H3,(H2,14,15,16,17). The second kappa shape index (κ2) is 6.19. The fourth-order valence-corrected chi connectivity index (χ4v) is 2.08. The Labute approximate surface area is 111 Å². The first-order valence-corrected chi connectivity index (χ1v) is 7.09. The normalized spacial score (nSPS) is 15.4. The highest BCUT2D eigenvalue weighted by Gasteiger charge is 2.17. The van der Waals surface area contributed by atoms with E-state index >= 15 is 0 Å². The molecule has 0 saturated heterocycles. The quantitative estimate of drug-likeness (QED) is 0.846. The molecule has 1 saturated carbocycles. The van der Waals surface area contributed by atoms with Crippen molar-refractivity contribution in [3.8, 4) is 0 Å². The van der Waals surface area contributed by atoms with Gasteiger partial charge in [-0.3, -0.25) is 0 Å². The maximum Gasteiger partial charge on any atom is 0.224 e. The number of nitrogens with one attached hydrogen (secondary N) is 2. The molecule has 0 radical (unpaired) electrons. The fourth-order valence-electron chi connectivity index (χ4n) is 1.75. The van der Waals surface area contributed by atoms with E-state index < -0.39 is 0 Å². The van der Waals surface area contributed by atoms with Crippen molar-refractivity contribution in [2.24, 2.45) is 5.92 Å². The summed E-state index contributed by atoms with van der Waals surface area (Å²) in [5.41, 5.74) is 0. The zero-order chi connectivity index (χ0) is 12.1. The minimum atomic E-state index is 0.700. The molecule has 0 aromatic carbocycles. The molecule has 1 fully saturated rings. The monoisotopic (exact) mass is 298 g/mol. The van der Waals surface area contributed by atoms with Gasteiger partial charge in [-0.25, -0.2) is 4.98 Å². The smallest absolute Gasteiger partial charge is 0.224 e. The fraction of sp³-hybridized carbons (Fsp3) is 0.667. The lowest BCUT2D eigenvalue weighted by atomic mass is 9.85. The summed E-state index contributed by atoms with van der Waals surface area (Å²) in [6.07, 6.45) is 6.94. The highest BCUT2D eigenvalue weighted by Crippen LogP contribution is 2.27. The van der Waals surface area contributed by atoms with E-state index in [1.54, 1.807) is 6.20 Å². The minimum Gasteiger partial charge on any atom is -0.369 e. The van der Waals surface area contributed by atoms with Gasteiger partial charge in [0.15, 0.2) is 0 Å². The van der Waals surface area contributed by atoms with Crippen molar-refractivity contribution in [2.75, 3.05) is 23.7 Å². The zero-order valence-corrected chi connectivity index (χ0v) is 11.8. The Balaban J connectivity index is 1.93. The number of rotatable bonds is 6. The lowest BCUT2D eigenvalue weighted by Gasteiger charge is -2.25. The Morgan fingerprint density at radius 1 is 1.41 bits per heavy atom. The molecule has 1 aliphatic rings. The molecule has 1 heterocycles. The van der Waals surface area contributed by atoms with Gasteiger partial charge in [-0.05, 0) is 41.1 Å². The first-order valence-electron chi connectivity index (χ1n) is 6.30. The van der Waals surface area contributed by atoms with E-state index in [-0.39, 0.29) is 0 Å². The average molecular weight is 299 g/mol. The van der Waals surface area contributed by atoms with Gasteiger partial charge >= 0.3 is 0 Å². The summed E-state index contributed by atoms with van der Waals surface area (Å²) in [4.78, 5) is 8.69. The van der Waals surface area contributed by atoms with Crippen molar-refractivity contribution in [3.63, 3.8) is 0 Å². The van der Waals surface area contributed by atoms with Crippen molar-refractivity contribution in [3.05, 3.63) is 10.7 Å². The van der Waals surface area contributed by atoms with Crippen LogP contribution < -0.4 is 10.6 Å². The van der Waals surface area contributed by atoms with Crippen molar-refractivity contribution in [1.82, 2.24) is 9.97 Å². The molecule has 0 atom stereocenters. The highest BCUT2D eigenvalue weighted by molar-refractivity contribution is 9.10. The maximum atomic E-state index is 4.46. The first kappa shape index (κ1) is 12.6. The van der Waals surface area contributed by atoms with E-state index in [4.69, 9.17) is 0 Å². The van der Waals surface area contributed by atoms with Crippen molar-refractivity contribution in [1.29, 1.82) is 0 Å². The van der Waals surface area contributed by atoms with Crippen LogP contribution in [0.2, 0.25) is 0 Å². The molecule has 1 aromatic heterocycles. The van der Waals surface area contributed by atoms with Gasteiger partial charge in [0.25, 0.3) is 0 Å². The number of aromatic nitrogens is 2. The summed E-state index contributed by atoms with van der Waals surface area (Å²) >= 11 is 3.47. The van der Waals surface area contributed by atoms with Crippen molar-refractivity contribution >= 4 is 27.7 Å². The lowest BCUT2D eigenvalue weighted by molar-refractivity contribution is 0.333. The summed E-state index contributed by atoms with van der Waals surface area (Å²) in [6.45, 7) is 4.05. The SMILES string of the molecule is CCCNc1ncc(Br)c(NCC2CCC2)n1. The molecule has 0 bridgehead atoms. The van der Waals surface area contributed by atoms with E-state index in [1.807, 2.05) is 0 Å². The van der Waals surface area contributed by atoms with Crippen LogP contribution >= 0.6 is 15.9 Å². The second-order valence-electron chi connectivity index (χ2n) is 4.49. The second-order valence-corrected chi connectivity index (χ2v) is 5.35. The molecule has 0 amide bonds. The summed E-state index contributed by atoms with van der Waals surface area (Å²) in [7, 11) is 0. The molecule has 1 aliphatic carbocycles. The molecule has 2 rings (SSSR count). The topological polar surface area (TPSA) is 49.8 Å². The van der Waals surface area contributed by atoms with Crippen LogP contribution in [0.1, 0.15) is 32.6 Å². The predicted molar refractivity (Wildman–Crippen MR) is 74.3 cm³/mol. The van der Waals surface area contributed by atoms with E-state index in [9.17, 15) is 0 Å². The summed E-state index contributed by atoms with van der Waals surface area (Å²) in [5.74, 6) is 2.42. The molecule has 4 nitrogen and oxygen atoms in total. The molecule has 94 valence electrons. The average Bonchev–Trinajstić information content (AvgIpc) is 2.27. The van der Waals surface area contributed by atoms with Gasteiger partial charge in [-0.15, -0.1) is 0 Å². The highest BCUT2D eigenvalue weighted by atomic mass is 79.9. The molecule has 2 N–H and O–H groups in total. The third-order valence-electron chi connectivity index (χ3n) is 3.06. The van der Waals surface area contributed by atoms with Crippen LogP contribution in [0.3, 0.4) is 0 Å². The van der Waals surface area contributed by atoms with Gasteiger partial charge in [-0.2, -0.15) is 4.98 Å². The molecular weight excluding hydrogens is 280 g/mol. The molecule has 5 heteroatoms. The third-order valence-corrected chi connectivity index (χ3v) is 3.64. The Kier molecular flexibility index (Phi) is 4.59.